The molecule has 2 atom stereocenters. The number of thiophene rings is 1. The van der Waals surface area contributed by atoms with E-state index in [1.165, 1.54) is 0 Å². The van der Waals surface area contributed by atoms with E-state index in [0.29, 0.717) is 0 Å². The number of sulfonamides is 1. The summed E-state index contributed by atoms with van der Waals surface area (Å²) in [7, 11) is -3.20. The zero-order valence-corrected chi connectivity index (χ0v) is 11.5. The zero-order chi connectivity index (χ0) is 12.3. The normalized spacial score (nSPS) is 22.8. The average Bonchev–Trinajstić information content (AvgIpc) is 2.85. The Balaban J connectivity index is 1.92. The fraction of sp³-hybridized carbons (Fsp3) is 0.636. The predicted molar refractivity (Wildman–Crippen MR) is 70.7 cm³/mol. The molecule has 0 aliphatic carbocycles. The molecule has 1 aliphatic rings. The van der Waals surface area contributed by atoms with Gasteiger partial charge in [0.2, 0.25) is 10.0 Å². The van der Waals surface area contributed by atoms with Crippen LogP contribution in [0.2, 0.25) is 0 Å². The first-order chi connectivity index (χ1) is 8.07. The molecule has 0 aromatic carbocycles. The smallest absolute Gasteiger partial charge is 0.213 e. The molecule has 17 heavy (non-hydrogen) atoms. The van der Waals surface area contributed by atoms with Crippen LogP contribution in [-0.2, 0) is 10.0 Å². The van der Waals surface area contributed by atoms with Crippen molar-refractivity contribution < 1.29 is 8.42 Å². The van der Waals surface area contributed by atoms with Crippen LogP contribution < -0.4 is 10.0 Å². The molecule has 2 heterocycles. The molecule has 0 spiro atoms. The second-order valence-corrected chi connectivity index (χ2v) is 7.05. The van der Waals surface area contributed by atoms with Crippen molar-refractivity contribution in [2.75, 3.05) is 12.3 Å². The third-order valence-electron chi connectivity index (χ3n) is 2.98. The first kappa shape index (κ1) is 13.0. The fourth-order valence-electron chi connectivity index (χ4n) is 2.07. The van der Waals surface area contributed by atoms with Gasteiger partial charge in [0.05, 0.1) is 5.75 Å². The van der Waals surface area contributed by atoms with Gasteiger partial charge in [0.25, 0.3) is 0 Å². The first-order valence-corrected chi connectivity index (χ1v) is 8.42. The molecule has 0 saturated carbocycles. The van der Waals surface area contributed by atoms with Crippen molar-refractivity contribution >= 4 is 21.4 Å². The molecule has 2 N–H and O–H groups in total. The number of hydrogen-bond donors (Lipinski definition) is 2. The van der Waals surface area contributed by atoms with Gasteiger partial charge in [-0.1, -0.05) is 0 Å². The third kappa shape index (κ3) is 3.77. The van der Waals surface area contributed by atoms with Gasteiger partial charge >= 0.3 is 0 Å². The van der Waals surface area contributed by atoms with E-state index in [1.54, 1.807) is 11.3 Å². The van der Waals surface area contributed by atoms with Gasteiger partial charge in [-0.15, -0.1) is 0 Å². The van der Waals surface area contributed by atoms with Gasteiger partial charge in [-0.25, -0.2) is 13.1 Å². The predicted octanol–water partition coefficient (Wildman–Crippen LogP) is 1.48. The highest BCUT2D eigenvalue weighted by Gasteiger charge is 2.23. The summed E-state index contributed by atoms with van der Waals surface area (Å²) in [4.78, 5) is 0. The summed E-state index contributed by atoms with van der Waals surface area (Å²) in [6.07, 6.45) is 2.02. The van der Waals surface area contributed by atoms with Gasteiger partial charge in [-0.2, -0.15) is 11.3 Å². The minimum atomic E-state index is -3.20. The van der Waals surface area contributed by atoms with E-state index in [2.05, 4.69) is 10.0 Å². The van der Waals surface area contributed by atoms with E-state index in [-0.39, 0.29) is 17.8 Å². The summed E-state index contributed by atoms with van der Waals surface area (Å²) in [5.74, 6) is 0.182. The minimum Gasteiger partial charge on any atom is -0.313 e. The third-order valence-corrected chi connectivity index (χ3v) is 5.24. The topological polar surface area (TPSA) is 58.2 Å². The molecule has 1 saturated heterocycles. The van der Waals surface area contributed by atoms with E-state index in [0.717, 1.165) is 24.9 Å². The Labute approximate surface area is 106 Å². The summed E-state index contributed by atoms with van der Waals surface area (Å²) in [5, 5.41) is 7.13. The van der Waals surface area contributed by atoms with Crippen molar-refractivity contribution in [1.82, 2.24) is 10.0 Å². The van der Waals surface area contributed by atoms with Crippen LogP contribution in [0.3, 0.4) is 0 Å². The molecule has 1 aromatic rings. The van der Waals surface area contributed by atoms with Crippen LogP contribution in [0.15, 0.2) is 16.8 Å². The fourth-order valence-corrected chi connectivity index (χ4v) is 4.41. The maximum Gasteiger partial charge on any atom is 0.213 e. The van der Waals surface area contributed by atoms with Crippen LogP contribution in [0, 0.1) is 0 Å². The molecule has 1 aliphatic heterocycles. The Kier molecular flexibility index (Phi) is 4.19. The minimum absolute atomic E-state index is 0.113. The number of nitrogens with one attached hydrogen (secondary N) is 2. The Bertz CT molecular complexity index is 436. The molecule has 0 radical (unpaired) electrons. The van der Waals surface area contributed by atoms with Crippen LogP contribution >= 0.6 is 11.3 Å². The second-order valence-electron chi connectivity index (χ2n) is 4.47. The van der Waals surface area contributed by atoms with Gasteiger partial charge in [-0.05, 0) is 48.7 Å². The molecule has 2 unspecified atom stereocenters. The van der Waals surface area contributed by atoms with E-state index < -0.39 is 10.0 Å². The van der Waals surface area contributed by atoms with E-state index >= 15 is 0 Å². The second kappa shape index (κ2) is 5.48. The lowest BCUT2D eigenvalue weighted by Crippen LogP contribution is -2.37. The van der Waals surface area contributed by atoms with Gasteiger partial charge in [0, 0.05) is 12.1 Å². The van der Waals surface area contributed by atoms with Crippen LogP contribution in [0.25, 0.3) is 0 Å². The highest BCUT2D eigenvalue weighted by Crippen LogP contribution is 2.17. The van der Waals surface area contributed by atoms with Gasteiger partial charge in [0.1, 0.15) is 0 Å². The van der Waals surface area contributed by atoms with E-state index in [1.807, 2.05) is 23.8 Å². The highest BCUT2D eigenvalue weighted by atomic mass is 32.2. The lowest BCUT2D eigenvalue weighted by Gasteiger charge is -2.16. The Morgan fingerprint density at radius 1 is 1.65 bits per heavy atom. The molecule has 2 rings (SSSR count). The van der Waals surface area contributed by atoms with Crippen molar-refractivity contribution in [1.29, 1.82) is 0 Å². The number of hydrogen-bond acceptors (Lipinski definition) is 4. The highest BCUT2D eigenvalue weighted by molar-refractivity contribution is 7.89. The van der Waals surface area contributed by atoms with Gasteiger partial charge in [-0.3, -0.25) is 0 Å². The first-order valence-electron chi connectivity index (χ1n) is 5.82. The van der Waals surface area contributed by atoms with Crippen molar-refractivity contribution in [3.63, 3.8) is 0 Å². The lowest BCUT2D eigenvalue weighted by atomic mass is 10.2. The number of rotatable bonds is 5. The van der Waals surface area contributed by atoms with Gasteiger partial charge in [0.15, 0.2) is 0 Å². The average molecular weight is 274 g/mol. The van der Waals surface area contributed by atoms with Crippen LogP contribution in [0.4, 0.5) is 0 Å². The Hall–Kier alpha value is -0.430. The zero-order valence-electron chi connectivity index (χ0n) is 9.85. The summed E-state index contributed by atoms with van der Waals surface area (Å²) in [5.41, 5.74) is 1.03. The van der Waals surface area contributed by atoms with Crippen molar-refractivity contribution in [2.24, 2.45) is 0 Å². The maximum absolute atomic E-state index is 11.9. The van der Waals surface area contributed by atoms with Crippen LogP contribution in [0.5, 0.6) is 0 Å². The molecule has 96 valence electrons. The summed E-state index contributed by atoms with van der Waals surface area (Å²) in [6.45, 7) is 2.81. The van der Waals surface area contributed by atoms with Crippen LogP contribution in [0.1, 0.15) is 31.4 Å². The van der Waals surface area contributed by atoms with Crippen molar-refractivity contribution in [3.8, 4) is 0 Å². The van der Waals surface area contributed by atoms with Crippen molar-refractivity contribution in [2.45, 2.75) is 31.8 Å². The molecule has 1 aromatic heterocycles. The van der Waals surface area contributed by atoms with E-state index in [4.69, 9.17) is 0 Å². The molecular formula is C11H18N2O2S2. The summed E-state index contributed by atoms with van der Waals surface area (Å²) in [6, 6.07) is 1.92. The lowest BCUT2D eigenvalue weighted by molar-refractivity contribution is 0.551. The quantitative estimate of drug-likeness (QED) is 0.855. The monoisotopic (exact) mass is 274 g/mol. The molecule has 0 bridgehead atoms. The standard InChI is InChI=1S/C11H18N2O2S2/c1-9(10-4-6-16-7-10)13-17(14,15)8-11-3-2-5-12-11/h4,6-7,9,11-13H,2-3,5,8H2,1H3. The summed E-state index contributed by atoms with van der Waals surface area (Å²) < 4.78 is 26.6. The Morgan fingerprint density at radius 3 is 3.06 bits per heavy atom. The molecule has 1 fully saturated rings. The molecule has 4 nitrogen and oxygen atoms in total. The molecule has 6 heteroatoms. The molecular weight excluding hydrogens is 256 g/mol. The SMILES string of the molecule is CC(NS(=O)(=O)CC1CCCN1)c1ccsc1. The molecule has 0 amide bonds. The summed E-state index contributed by atoms with van der Waals surface area (Å²) >= 11 is 1.58. The maximum atomic E-state index is 11.9. The Morgan fingerprint density at radius 2 is 2.47 bits per heavy atom. The van der Waals surface area contributed by atoms with Crippen molar-refractivity contribution in [3.05, 3.63) is 22.4 Å². The largest absolute Gasteiger partial charge is 0.313 e. The van der Waals surface area contributed by atoms with Crippen LogP contribution in [-0.4, -0.2) is 26.8 Å². The van der Waals surface area contributed by atoms with E-state index in [9.17, 15) is 8.42 Å². The van der Waals surface area contributed by atoms with Gasteiger partial charge < -0.3 is 5.32 Å².